The molecule has 0 aromatic heterocycles. The minimum Gasteiger partial charge on any atom is -0.368 e. The molecule has 7 heteroatoms. The van der Waals surface area contributed by atoms with Gasteiger partial charge in [0, 0.05) is 12.1 Å². The second kappa shape index (κ2) is 4.94. The SMILES string of the molecule is CN(CC(F)(F)F)C1CCC(NC2CC2)(C(N)=O)C1. The normalized spacial score (nSPS) is 31.9. The molecular formula is C12H20F3N3O. The standard InChI is InChI=1S/C12H20F3N3O/c1-18(7-12(13,14)15)9-4-5-11(6-9,10(16)19)17-8-2-3-8/h8-9,17H,2-7H2,1H3,(H2,16,19). The van der Waals surface area contributed by atoms with Crippen LogP contribution in [0.5, 0.6) is 0 Å². The molecule has 19 heavy (non-hydrogen) atoms. The molecule has 2 fully saturated rings. The van der Waals surface area contributed by atoms with Crippen LogP contribution in [0.3, 0.4) is 0 Å². The molecule has 3 N–H and O–H groups in total. The van der Waals surface area contributed by atoms with Crippen LogP contribution in [0.2, 0.25) is 0 Å². The van der Waals surface area contributed by atoms with Crippen LogP contribution < -0.4 is 11.1 Å². The van der Waals surface area contributed by atoms with Gasteiger partial charge in [-0.15, -0.1) is 0 Å². The Hall–Kier alpha value is -0.820. The molecule has 1 amide bonds. The van der Waals surface area contributed by atoms with Gasteiger partial charge in [-0.1, -0.05) is 0 Å². The fraction of sp³-hybridized carbons (Fsp3) is 0.917. The van der Waals surface area contributed by atoms with E-state index in [1.54, 1.807) is 0 Å². The van der Waals surface area contributed by atoms with E-state index in [-0.39, 0.29) is 6.04 Å². The molecule has 0 bridgehead atoms. The van der Waals surface area contributed by atoms with Crippen LogP contribution >= 0.6 is 0 Å². The minimum atomic E-state index is -4.21. The number of rotatable bonds is 5. The quantitative estimate of drug-likeness (QED) is 0.789. The van der Waals surface area contributed by atoms with Gasteiger partial charge in [0.1, 0.15) is 0 Å². The third-order valence-corrected chi connectivity index (χ3v) is 4.07. The van der Waals surface area contributed by atoms with Gasteiger partial charge in [-0.2, -0.15) is 13.2 Å². The minimum absolute atomic E-state index is 0.250. The molecule has 0 aromatic rings. The van der Waals surface area contributed by atoms with Crippen molar-refractivity contribution in [1.29, 1.82) is 0 Å². The molecule has 0 spiro atoms. The number of nitrogens with one attached hydrogen (secondary N) is 1. The summed E-state index contributed by atoms with van der Waals surface area (Å²) < 4.78 is 37.1. The van der Waals surface area contributed by atoms with Gasteiger partial charge in [0.05, 0.1) is 12.1 Å². The highest BCUT2D eigenvalue weighted by Gasteiger charge is 2.48. The number of amides is 1. The summed E-state index contributed by atoms with van der Waals surface area (Å²) in [6.07, 6.45) is -0.737. The van der Waals surface area contributed by atoms with E-state index < -0.39 is 24.2 Å². The lowest BCUT2D eigenvalue weighted by Crippen LogP contribution is -2.55. The van der Waals surface area contributed by atoms with Gasteiger partial charge in [0.2, 0.25) is 5.91 Å². The molecule has 0 radical (unpaired) electrons. The van der Waals surface area contributed by atoms with Crippen molar-refractivity contribution in [3.8, 4) is 0 Å². The van der Waals surface area contributed by atoms with E-state index in [4.69, 9.17) is 5.73 Å². The number of hydrogen-bond donors (Lipinski definition) is 2. The number of carbonyl (C=O) groups is 1. The monoisotopic (exact) mass is 279 g/mol. The number of halogens is 3. The van der Waals surface area contributed by atoms with Gasteiger partial charge in [-0.25, -0.2) is 0 Å². The average Bonchev–Trinajstić information content (AvgIpc) is 2.92. The Morgan fingerprint density at radius 2 is 2.05 bits per heavy atom. The summed E-state index contributed by atoms with van der Waals surface area (Å²) in [6, 6.07) is 0.0551. The second-order valence-electron chi connectivity index (χ2n) is 5.79. The van der Waals surface area contributed by atoms with Crippen LogP contribution in [0.25, 0.3) is 0 Å². The highest BCUT2D eigenvalue weighted by Crippen LogP contribution is 2.36. The largest absolute Gasteiger partial charge is 0.401 e. The molecule has 4 nitrogen and oxygen atoms in total. The number of hydrogen-bond acceptors (Lipinski definition) is 3. The first kappa shape index (κ1) is 14.6. The number of alkyl halides is 3. The van der Waals surface area contributed by atoms with E-state index in [1.165, 1.54) is 11.9 Å². The molecular weight excluding hydrogens is 259 g/mol. The molecule has 2 aliphatic rings. The van der Waals surface area contributed by atoms with Crippen molar-refractivity contribution in [3.63, 3.8) is 0 Å². The molecule has 2 saturated carbocycles. The van der Waals surface area contributed by atoms with Gasteiger partial charge in [0.25, 0.3) is 0 Å². The van der Waals surface area contributed by atoms with E-state index in [0.717, 1.165) is 12.8 Å². The van der Waals surface area contributed by atoms with Crippen molar-refractivity contribution in [1.82, 2.24) is 10.2 Å². The fourth-order valence-corrected chi connectivity index (χ4v) is 2.85. The van der Waals surface area contributed by atoms with Crippen LogP contribution in [0.15, 0.2) is 0 Å². The Morgan fingerprint density at radius 3 is 2.53 bits per heavy atom. The fourth-order valence-electron chi connectivity index (χ4n) is 2.85. The molecule has 110 valence electrons. The van der Waals surface area contributed by atoms with Gasteiger partial charge >= 0.3 is 6.18 Å². The highest BCUT2D eigenvalue weighted by molar-refractivity contribution is 5.85. The predicted octanol–water partition coefficient (Wildman–Crippen LogP) is 1.01. The lowest BCUT2D eigenvalue weighted by molar-refractivity contribution is -0.147. The first-order valence-corrected chi connectivity index (χ1v) is 6.56. The lowest BCUT2D eigenvalue weighted by Gasteiger charge is -2.30. The third-order valence-electron chi connectivity index (χ3n) is 4.07. The van der Waals surface area contributed by atoms with E-state index in [0.29, 0.717) is 25.3 Å². The zero-order chi connectivity index (χ0) is 14.3. The smallest absolute Gasteiger partial charge is 0.368 e. The van der Waals surface area contributed by atoms with Crippen molar-refractivity contribution >= 4 is 5.91 Å². The Kier molecular flexibility index (Phi) is 3.79. The predicted molar refractivity (Wildman–Crippen MR) is 64.4 cm³/mol. The third kappa shape index (κ3) is 3.60. The first-order chi connectivity index (χ1) is 8.72. The molecule has 0 aliphatic heterocycles. The number of carbonyl (C=O) groups excluding carboxylic acids is 1. The Balaban J connectivity index is 1.97. The summed E-state index contributed by atoms with van der Waals surface area (Å²) in [4.78, 5) is 12.9. The Morgan fingerprint density at radius 1 is 1.42 bits per heavy atom. The van der Waals surface area contributed by atoms with Crippen molar-refractivity contribution in [2.24, 2.45) is 5.73 Å². The maximum absolute atomic E-state index is 12.4. The van der Waals surface area contributed by atoms with Crippen LogP contribution in [0.1, 0.15) is 32.1 Å². The summed E-state index contributed by atoms with van der Waals surface area (Å²) in [5.41, 5.74) is 4.64. The van der Waals surface area contributed by atoms with Crippen LogP contribution in [-0.2, 0) is 4.79 Å². The molecule has 2 rings (SSSR count). The maximum atomic E-state index is 12.4. The average molecular weight is 279 g/mol. The number of nitrogens with two attached hydrogens (primary N) is 1. The summed E-state index contributed by atoms with van der Waals surface area (Å²) in [7, 11) is 1.45. The molecule has 2 aliphatic carbocycles. The number of primary amides is 1. The summed E-state index contributed by atoms with van der Waals surface area (Å²) in [6.45, 7) is -0.948. The van der Waals surface area contributed by atoms with Crippen LogP contribution in [0.4, 0.5) is 13.2 Å². The molecule has 0 heterocycles. The Bertz CT molecular complexity index is 357. The molecule has 2 unspecified atom stereocenters. The van der Waals surface area contributed by atoms with Crippen molar-refractivity contribution in [2.45, 2.75) is 55.9 Å². The van der Waals surface area contributed by atoms with Crippen LogP contribution in [0, 0.1) is 0 Å². The zero-order valence-corrected chi connectivity index (χ0v) is 11.0. The topological polar surface area (TPSA) is 58.4 Å². The van der Waals surface area contributed by atoms with Gasteiger partial charge in [0.15, 0.2) is 0 Å². The number of nitrogens with zero attached hydrogens (tertiary/aromatic N) is 1. The van der Waals surface area contributed by atoms with E-state index in [1.807, 2.05) is 0 Å². The van der Waals surface area contributed by atoms with E-state index in [2.05, 4.69) is 5.32 Å². The first-order valence-electron chi connectivity index (χ1n) is 6.56. The van der Waals surface area contributed by atoms with Crippen LogP contribution in [-0.4, -0.2) is 48.2 Å². The Labute approximate surface area is 110 Å². The lowest BCUT2D eigenvalue weighted by atomic mass is 9.96. The zero-order valence-electron chi connectivity index (χ0n) is 11.0. The maximum Gasteiger partial charge on any atom is 0.401 e. The highest BCUT2D eigenvalue weighted by atomic mass is 19.4. The van der Waals surface area contributed by atoms with Crippen molar-refractivity contribution < 1.29 is 18.0 Å². The second-order valence-corrected chi connectivity index (χ2v) is 5.79. The summed E-state index contributed by atoms with van der Waals surface area (Å²) in [5.74, 6) is -0.442. The van der Waals surface area contributed by atoms with E-state index in [9.17, 15) is 18.0 Å². The van der Waals surface area contributed by atoms with Gasteiger partial charge < -0.3 is 11.1 Å². The summed E-state index contributed by atoms with van der Waals surface area (Å²) >= 11 is 0. The molecule has 0 aromatic carbocycles. The molecule has 2 atom stereocenters. The van der Waals surface area contributed by atoms with Gasteiger partial charge in [-0.05, 0) is 39.2 Å². The molecule has 0 saturated heterocycles. The van der Waals surface area contributed by atoms with Crippen molar-refractivity contribution in [2.75, 3.05) is 13.6 Å². The summed E-state index contributed by atoms with van der Waals surface area (Å²) in [5, 5.41) is 3.23. The van der Waals surface area contributed by atoms with E-state index >= 15 is 0 Å². The van der Waals surface area contributed by atoms with Crippen molar-refractivity contribution in [3.05, 3.63) is 0 Å². The van der Waals surface area contributed by atoms with Gasteiger partial charge in [-0.3, -0.25) is 9.69 Å².